The third-order valence-electron chi connectivity index (χ3n) is 4.18. The molecule has 0 N–H and O–H groups in total. The van der Waals surface area contributed by atoms with E-state index in [9.17, 15) is 4.79 Å². The Kier molecular flexibility index (Phi) is 3.66. The maximum absolute atomic E-state index is 12.2. The molecule has 0 bridgehead atoms. The molecule has 1 heterocycles. The number of benzene rings is 1. The first-order valence-corrected chi connectivity index (χ1v) is 7.43. The summed E-state index contributed by atoms with van der Waals surface area (Å²) in [6.45, 7) is 3.00. The Bertz CT molecular complexity index is 720. The van der Waals surface area contributed by atoms with Gasteiger partial charge in [0, 0.05) is 17.4 Å². The lowest BCUT2D eigenvalue weighted by Gasteiger charge is -2.26. The van der Waals surface area contributed by atoms with Crippen molar-refractivity contribution in [1.29, 1.82) is 5.26 Å². The minimum Gasteiger partial charge on any atom is -0.461 e. The van der Waals surface area contributed by atoms with Crippen molar-refractivity contribution < 1.29 is 9.53 Å². The van der Waals surface area contributed by atoms with Crippen molar-refractivity contribution in [2.45, 2.75) is 32.7 Å². The monoisotopic (exact) mass is 282 g/mol. The maximum Gasteiger partial charge on any atom is 0.354 e. The van der Waals surface area contributed by atoms with Crippen molar-refractivity contribution in [3.63, 3.8) is 0 Å². The molecular weight excluding hydrogens is 264 g/mol. The Morgan fingerprint density at radius 1 is 1.43 bits per heavy atom. The lowest BCUT2D eigenvalue weighted by atomic mass is 9.85. The molecule has 1 fully saturated rings. The molecular formula is C17H18N2O2. The minimum absolute atomic E-state index is 0.286. The van der Waals surface area contributed by atoms with Gasteiger partial charge in [-0.25, -0.2) is 4.79 Å². The third kappa shape index (κ3) is 2.52. The number of fused-ring (bicyclic) bond motifs is 1. The highest BCUT2D eigenvalue weighted by atomic mass is 16.5. The van der Waals surface area contributed by atoms with Crippen LogP contribution < -0.4 is 0 Å². The van der Waals surface area contributed by atoms with Crippen LogP contribution in [0.15, 0.2) is 24.3 Å². The average molecular weight is 282 g/mol. The molecule has 3 rings (SSSR count). The van der Waals surface area contributed by atoms with Gasteiger partial charge < -0.3 is 9.30 Å². The van der Waals surface area contributed by atoms with E-state index in [2.05, 4.69) is 6.07 Å². The summed E-state index contributed by atoms with van der Waals surface area (Å²) in [4.78, 5) is 12.2. The first-order valence-electron chi connectivity index (χ1n) is 7.43. The highest BCUT2D eigenvalue weighted by Crippen LogP contribution is 2.31. The number of rotatable bonds is 4. The summed E-state index contributed by atoms with van der Waals surface area (Å²) in [5, 5.41) is 10.1. The van der Waals surface area contributed by atoms with Gasteiger partial charge in [-0.2, -0.15) is 5.26 Å². The molecule has 0 spiro atoms. The Balaban J connectivity index is 2.08. The van der Waals surface area contributed by atoms with Crippen LogP contribution in [-0.4, -0.2) is 17.1 Å². The number of hydrogen-bond donors (Lipinski definition) is 0. The van der Waals surface area contributed by atoms with Gasteiger partial charge in [-0.1, -0.05) is 12.5 Å². The molecule has 108 valence electrons. The van der Waals surface area contributed by atoms with Crippen molar-refractivity contribution in [2.24, 2.45) is 5.92 Å². The molecule has 1 aliphatic rings. The van der Waals surface area contributed by atoms with E-state index in [1.807, 2.05) is 29.7 Å². The van der Waals surface area contributed by atoms with Crippen LogP contribution >= 0.6 is 0 Å². The van der Waals surface area contributed by atoms with Crippen molar-refractivity contribution in [3.8, 4) is 6.07 Å². The van der Waals surface area contributed by atoms with Gasteiger partial charge in [-0.05, 0) is 43.9 Å². The normalized spacial score (nSPS) is 14.7. The van der Waals surface area contributed by atoms with E-state index >= 15 is 0 Å². The van der Waals surface area contributed by atoms with Crippen molar-refractivity contribution in [3.05, 3.63) is 35.5 Å². The number of nitriles is 1. The van der Waals surface area contributed by atoms with Crippen molar-refractivity contribution in [2.75, 3.05) is 6.61 Å². The summed E-state index contributed by atoms with van der Waals surface area (Å²) in [5.41, 5.74) is 2.16. The van der Waals surface area contributed by atoms with Crippen LogP contribution in [0.4, 0.5) is 0 Å². The van der Waals surface area contributed by atoms with E-state index in [4.69, 9.17) is 10.00 Å². The molecule has 2 aromatic rings. The van der Waals surface area contributed by atoms with Crippen LogP contribution in [-0.2, 0) is 11.3 Å². The van der Waals surface area contributed by atoms with Gasteiger partial charge in [-0.15, -0.1) is 0 Å². The summed E-state index contributed by atoms with van der Waals surface area (Å²) in [6.07, 6.45) is 3.68. The fourth-order valence-electron chi connectivity index (χ4n) is 2.83. The fraction of sp³-hybridized carbons (Fsp3) is 0.412. The standard InChI is InChI=1S/C17H18N2O2/c1-2-21-17(20)16-9-14-7-6-13(10-18)8-15(14)19(16)11-12-4-3-5-12/h6-9,12H,2-5,11H2,1H3. The Labute approximate surface area is 123 Å². The predicted octanol–water partition coefficient (Wildman–Crippen LogP) is 3.49. The van der Waals surface area contributed by atoms with E-state index in [0.717, 1.165) is 17.4 Å². The molecule has 1 aromatic carbocycles. The second-order valence-electron chi connectivity index (χ2n) is 5.54. The van der Waals surface area contributed by atoms with Crippen LogP contribution in [0.25, 0.3) is 10.9 Å². The summed E-state index contributed by atoms with van der Waals surface area (Å²) in [7, 11) is 0. The van der Waals surface area contributed by atoms with Crippen LogP contribution in [0, 0.1) is 17.2 Å². The van der Waals surface area contributed by atoms with Gasteiger partial charge in [0.25, 0.3) is 0 Å². The maximum atomic E-state index is 12.2. The fourth-order valence-corrected chi connectivity index (χ4v) is 2.83. The van der Waals surface area contributed by atoms with Crippen LogP contribution in [0.1, 0.15) is 42.2 Å². The van der Waals surface area contributed by atoms with Crippen molar-refractivity contribution >= 4 is 16.9 Å². The van der Waals surface area contributed by atoms with E-state index in [1.54, 1.807) is 6.07 Å². The molecule has 4 nitrogen and oxygen atoms in total. The SMILES string of the molecule is CCOC(=O)c1cc2ccc(C#N)cc2n1CC1CCC1. The van der Waals surface area contributed by atoms with Gasteiger partial charge >= 0.3 is 5.97 Å². The molecule has 1 aliphatic carbocycles. The zero-order valence-corrected chi connectivity index (χ0v) is 12.1. The van der Waals surface area contributed by atoms with Crippen molar-refractivity contribution in [1.82, 2.24) is 4.57 Å². The number of hydrogen-bond acceptors (Lipinski definition) is 3. The number of esters is 1. The second-order valence-corrected chi connectivity index (χ2v) is 5.54. The van der Waals surface area contributed by atoms with Gasteiger partial charge in [0.15, 0.2) is 0 Å². The van der Waals surface area contributed by atoms with Gasteiger partial charge in [0.2, 0.25) is 0 Å². The molecule has 4 heteroatoms. The van der Waals surface area contributed by atoms with E-state index in [1.165, 1.54) is 19.3 Å². The molecule has 21 heavy (non-hydrogen) atoms. The minimum atomic E-state index is -0.286. The largest absolute Gasteiger partial charge is 0.461 e. The third-order valence-corrected chi connectivity index (χ3v) is 4.18. The average Bonchev–Trinajstić information content (AvgIpc) is 2.80. The van der Waals surface area contributed by atoms with E-state index in [0.29, 0.717) is 23.8 Å². The predicted molar refractivity (Wildman–Crippen MR) is 80.0 cm³/mol. The number of carbonyl (C=O) groups excluding carboxylic acids is 1. The quantitative estimate of drug-likeness (QED) is 0.807. The molecule has 0 unspecified atom stereocenters. The zero-order valence-electron chi connectivity index (χ0n) is 12.1. The van der Waals surface area contributed by atoms with Crippen LogP contribution in [0.2, 0.25) is 0 Å². The summed E-state index contributed by atoms with van der Waals surface area (Å²) in [5.74, 6) is 0.339. The van der Waals surface area contributed by atoms with E-state index < -0.39 is 0 Å². The molecule has 0 aliphatic heterocycles. The van der Waals surface area contributed by atoms with Gasteiger partial charge in [-0.3, -0.25) is 0 Å². The Hall–Kier alpha value is -2.28. The zero-order chi connectivity index (χ0) is 14.8. The second kappa shape index (κ2) is 5.61. The van der Waals surface area contributed by atoms with Gasteiger partial charge in [0.05, 0.1) is 18.2 Å². The first kappa shape index (κ1) is 13.7. The summed E-state index contributed by atoms with van der Waals surface area (Å²) in [6, 6.07) is 9.57. The van der Waals surface area contributed by atoms with Crippen LogP contribution in [0.5, 0.6) is 0 Å². The highest BCUT2D eigenvalue weighted by Gasteiger charge is 2.23. The smallest absolute Gasteiger partial charge is 0.354 e. The van der Waals surface area contributed by atoms with E-state index in [-0.39, 0.29) is 5.97 Å². The first-order chi connectivity index (χ1) is 10.2. The molecule has 0 radical (unpaired) electrons. The Morgan fingerprint density at radius 2 is 2.24 bits per heavy atom. The van der Waals surface area contributed by atoms with Gasteiger partial charge in [0.1, 0.15) is 5.69 Å². The molecule has 1 aromatic heterocycles. The Morgan fingerprint density at radius 3 is 2.86 bits per heavy atom. The molecule has 0 saturated heterocycles. The summed E-state index contributed by atoms with van der Waals surface area (Å²) >= 11 is 0. The summed E-state index contributed by atoms with van der Waals surface area (Å²) < 4.78 is 7.19. The number of nitrogens with zero attached hydrogens (tertiary/aromatic N) is 2. The lowest BCUT2D eigenvalue weighted by Crippen LogP contribution is -2.21. The number of carbonyl (C=O) groups is 1. The number of ether oxygens (including phenoxy) is 1. The molecule has 0 atom stereocenters. The molecule has 0 amide bonds. The number of aromatic nitrogens is 1. The lowest BCUT2D eigenvalue weighted by molar-refractivity contribution is 0.0512. The topological polar surface area (TPSA) is 55.0 Å². The van der Waals surface area contributed by atoms with Crippen LogP contribution in [0.3, 0.4) is 0 Å². The highest BCUT2D eigenvalue weighted by molar-refractivity contribution is 5.96. The molecule has 1 saturated carbocycles.